The molecule has 6 aromatic rings. The van der Waals surface area contributed by atoms with Crippen molar-refractivity contribution >= 4 is 36.2 Å². The number of carbonyl (C=O) groups excluding carboxylic acids is 1. The van der Waals surface area contributed by atoms with E-state index in [1.165, 1.54) is 22.9 Å². The van der Waals surface area contributed by atoms with Gasteiger partial charge in [-0.1, -0.05) is 56.3 Å². The summed E-state index contributed by atoms with van der Waals surface area (Å²) in [6.45, 7) is 8.20. The van der Waals surface area contributed by atoms with E-state index >= 15 is 0 Å². The lowest BCUT2D eigenvalue weighted by molar-refractivity contribution is 0.0948. The Kier molecular flexibility index (Phi) is 10.5. The van der Waals surface area contributed by atoms with Gasteiger partial charge in [-0.25, -0.2) is 21.9 Å². The molecule has 1 unspecified atom stereocenters. The predicted molar refractivity (Wildman–Crippen MR) is 203 cm³/mol. The van der Waals surface area contributed by atoms with E-state index in [0.717, 1.165) is 46.2 Å². The molecule has 3 aromatic heterocycles. The molecule has 6 rings (SSSR count). The molecule has 8 nitrogen and oxygen atoms in total. The minimum atomic E-state index is -2.41. The Labute approximate surface area is 304 Å². The molecular formula is C40H40F2N4O4SSi. The molecule has 0 saturated carbocycles. The van der Waals surface area contributed by atoms with Crippen molar-refractivity contribution in [3.63, 3.8) is 0 Å². The summed E-state index contributed by atoms with van der Waals surface area (Å²) in [7, 11) is -3.97. The van der Waals surface area contributed by atoms with Crippen molar-refractivity contribution in [1.82, 2.24) is 18.8 Å². The Hall–Kier alpha value is -5.04. The lowest BCUT2D eigenvalue weighted by atomic mass is 9.99. The van der Waals surface area contributed by atoms with Crippen LogP contribution >= 0.6 is 0 Å². The van der Waals surface area contributed by atoms with Crippen molar-refractivity contribution in [2.75, 3.05) is 0 Å². The smallest absolute Gasteiger partial charge is 0.263 e. The van der Waals surface area contributed by atoms with Crippen LogP contribution in [0, 0.1) is 11.6 Å². The Morgan fingerprint density at radius 3 is 2.42 bits per heavy atom. The molecule has 1 atom stereocenters. The summed E-state index contributed by atoms with van der Waals surface area (Å²) in [6, 6.07) is 25.3. The zero-order chi connectivity index (χ0) is 37.2. The largest absolute Gasteiger partial charge is 0.432 e. The van der Waals surface area contributed by atoms with Crippen LogP contribution in [0.25, 0.3) is 22.2 Å². The average molecular weight is 739 g/mol. The predicted octanol–water partition coefficient (Wildman–Crippen LogP) is 7.60. The number of fused-ring (bicyclic) bond motifs is 1. The molecule has 0 bridgehead atoms. The Bertz CT molecular complexity index is 2350. The third-order valence-electron chi connectivity index (χ3n) is 9.78. The normalized spacial score (nSPS) is 12.6. The average Bonchev–Trinajstić information content (AvgIpc) is 3.51. The van der Waals surface area contributed by atoms with Crippen molar-refractivity contribution in [3.05, 3.63) is 154 Å². The van der Waals surface area contributed by atoms with Gasteiger partial charge >= 0.3 is 0 Å². The van der Waals surface area contributed by atoms with Crippen LogP contribution in [-0.4, -0.2) is 36.8 Å². The highest BCUT2D eigenvalue weighted by Crippen LogP contribution is 2.40. The second-order valence-electron chi connectivity index (χ2n) is 14.1. The second kappa shape index (κ2) is 14.9. The number of hydrogen-bond donors (Lipinski definition) is 2. The van der Waals surface area contributed by atoms with Crippen molar-refractivity contribution < 1.29 is 22.6 Å². The van der Waals surface area contributed by atoms with Gasteiger partial charge in [0.25, 0.3) is 11.5 Å². The van der Waals surface area contributed by atoms with Crippen LogP contribution in [0.1, 0.15) is 47.3 Å². The second-order valence-corrected chi connectivity index (χ2v) is 19.9. The summed E-state index contributed by atoms with van der Waals surface area (Å²) in [5, 5.41) is 3.45. The lowest BCUT2D eigenvalue weighted by Crippen LogP contribution is -2.39. The molecule has 0 aliphatic carbocycles. The number of aromatic nitrogens is 3. The number of benzene rings is 3. The van der Waals surface area contributed by atoms with E-state index in [4.69, 9.17) is 4.98 Å². The number of halogens is 2. The van der Waals surface area contributed by atoms with E-state index in [9.17, 15) is 27.4 Å². The third-order valence-corrected chi connectivity index (χ3v) is 14.7. The summed E-state index contributed by atoms with van der Waals surface area (Å²) in [6.07, 6.45) is 6.65. The number of pyridine rings is 2. The van der Waals surface area contributed by atoms with Crippen molar-refractivity contribution in [3.8, 4) is 11.1 Å². The molecule has 0 spiro atoms. The fourth-order valence-electron chi connectivity index (χ4n) is 5.82. The third kappa shape index (κ3) is 7.89. The van der Waals surface area contributed by atoms with Crippen molar-refractivity contribution in [2.24, 2.45) is 0 Å². The number of hydrogen-bond acceptors (Lipinski definition) is 5. The van der Waals surface area contributed by atoms with Gasteiger partial charge in [0.05, 0.1) is 11.4 Å². The van der Waals surface area contributed by atoms with E-state index in [0.29, 0.717) is 22.5 Å². The number of carbonyl (C=O) groups is 1. The summed E-state index contributed by atoms with van der Waals surface area (Å²) >= 11 is 0. The van der Waals surface area contributed by atoms with Crippen LogP contribution in [0.2, 0.25) is 18.1 Å². The fourth-order valence-corrected chi connectivity index (χ4v) is 7.68. The van der Waals surface area contributed by atoms with Gasteiger partial charge in [0, 0.05) is 36.1 Å². The number of nitrogens with zero attached hydrogens (tertiary/aromatic N) is 3. The van der Waals surface area contributed by atoms with E-state index in [-0.39, 0.29) is 23.7 Å². The fraction of sp³-hybridized carbons (Fsp3) is 0.225. The molecule has 0 fully saturated rings. The monoisotopic (exact) mass is 738 g/mol. The van der Waals surface area contributed by atoms with Gasteiger partial charge in [0.15, 0.2) is 36.6 Å². The van der Waals surface area contributed by atoms with Crippen LogP contribution in [0.5, 0.6) is 0 Å². The molecule has 2 N–H and O–H groups in total. The van der Waals surface area contributed by atoms with Crippen molar-refractivity contribution in [2.45, 2.75) is 62.8 Å². The van der Waals surface area contributed by atoms with E-state index in [2.05, 4.69) is 25.2 Å². The molecule has 0 aliphatic rings. The summed E-state index contributed by atoms with van der Waals surface area (Å²) in [5.41, 5.74) is 3.74. The standard InChI is InChI=1S/C40H40F2N4O4SSi/c1-40(2,52(3,4)50)18-17-28-21-33-34(26-46(37(33)43-23-28)51(49)31-12-6-5-7-13-31)30-11-8-10-27(20-30)24-44-38(47)32-14-9-19-45(39(32)48)25-29-15-16-35(41)36(42)22-29/h5-16,19-23,26,50H,17-18,24-25H2,1-4H3,(H,44,47). The number of aryl methyl sites for hydroxylation is 1. The van der Waals surface area contributed by atoms with Gasteiger partial charge in [-0.2, -0.15) is 0 Å². The Morgan fingerprint density at radius 2 is 1.69 bits per heavy atom. The van der Waals surface area contributed by atoms with E-state index in [1.54, 1.807) is 10.0 Å². The zero-order valence-corrected chi connectivity index (χ0v) is 31.2. The van der Waals surface area contributed by atoms with Crippen LogP contribution in [-0.2, 0) is 30.5 Å². The van der Waals surface area contributed by atoms with Gasteiger partial charge in [-0.15, -0.1) is 0 Å². The van der Waals surface area contributed by atoms with Gasteiger partial charge in [0.2, 0.25) is 0 Å². The maximum absolute atomic E-state index is 13.8. The molecule has 1 amide bonds. The SMILES string of the molecule is CC(C)(CCc1cnc2c(c1)c(-c1cccc(CNC(=O)c3cccn(Cc4ccc(F)c(F)c4)c3=O)c1)cn2S(=O)c1ccccc1)[Si](C)(C)O. The zero-order valence-electron chi connectivity index (χ0n) is 29.4. The molecule has 3 heterocycles. The summed E-state index contributed by atoms with van der Waals surface area (Å²) < 4.78 is 43.9. The first kappa shape index (κ1) is 36.7. The van der Waals surface area contributed by atoms with Crippen LogP contribution in [0.15, 0.2) is 119 Å². The van der Waals surface area contributed by atoms with Crippen LogP contribution in [0.3, 0.4) is 0 Å². The van der Waals surface area contributed by atoms with E-state index in [1.807, 2.05) is 80.1 Å². The van der Waals surface area contributed by atoms with E-state index < -0.39 is 42.4 Å². The Morgan fingerprint density at radius 1 is 0.923 bits per heavy atom. The minimum absolute atomic E-state index is 0.0304. The first-order valence-electron chi connectivity index (χ1n) is 16.9. The first-order chi connectivity index (χ1) is 24.7. The van der Waals surface area contributed by atoms with Crippen LogP contribution in [0.4, 0.5) is 8.78 Å². The molecule has 0 aliphatic heterocycles. The number of rotatable bonds is 12. The summed E-state index contributed by atoms with van der Waals surface area (Å²) in [5.74, 6) is -2.57. The van der Waals surface area contributed by atoms with Crippen LogP contribution < -0.4 is 10.9 Å². The molecular weight excluding hydrogens is 699 g/mol. The first-order valence-corrected chi connectivity index (χ1v) is 21.0. The molecule has 268 valence electrons. The highest BCUT2D eigenvalue weighted by molar-refractivity contribution is 7.83. The van der Waals surface area contributed by atoms with Gasteiger partial charge in [-0.05, 0) is 102 Å². The number of nitrogens with one attached hydrogen (secondary N) is 1. The molecule has 12 heteroatoms. The highest BCUT2D eigenvalue weighted by atomic mass is 32.2. The maximum Gasteiger partial charge on any atom is 0.263 e. The van der Waals surface area contributed by atoms with Gasteiger partial charge in [0.1, 0.15) is 5.56 Å². The lowest BCUT2D eigenvalue weighted by Gasteiger charge is -2.35. The molecule has 0 radical (unpaired) electrons. The topological polar surface area (TPSA) is 106 Å². The Balaban J connectivity index is 1.27. The molecule has 0 saturated heterocycles. The van der Waals surface area contributed by atoms with Gasteiger partial charge in [-0.3, -0.25) is 9.59 Å². The quantitative estimate of drug-likeness (QED) is 0.126. The molecule has 52 heavy (non-hydrogen) atoms. The summed E-state index contributed by atoms with van der Waals surface area (Å²) in [4.78, 5) is 42.7. The highest BCUT2D eigenvalue weighted by Gasteiger charge is 2.37. The van der Waals surface area contributed by atoms with Gasteiger partial charge < -0.3 is 14.7 Å². The maximum atomic E-state index is 13.8. The minimum Gasteiger partial charge on any atom is -0.432 e. The van der Waals surface area contributed by atoms with Crippen molar-refractivity contribution in [1.29, 1.82) is 0 Å². The number of amides is 1. The molecule has 3 aromatic carbocycles.